The number of amides is 1. The lowest BCUT2D eigenvalue weighted by atomic mass is 9.95. The molecule has 8 nitrogen and oxygen atoms in total. The van der Waals surface area contributed by atoms with Crippen LogP contribution in [0.3, 0.4) is 0 Å². The average Bonchev–Trinajstić information content (AvgIpc) is 2.90. The van der Waals surface area contributed by atoms with E-state index < -0.39 is 33.9 Å². The van der Waals surface area contributed by atoms with Crippen molar-refractivity contribution in [2.75, 3.05) is 42.3 Å². The van der Waals surface area contributed by atoms with Gasteiger partial charge in [-0.25, -0.2) is 9.18 Å². The van der Waals surface area contributed by atoms with Gasteiger partial charge in [0.1, 0.15) is 11.9 Å². The zero-order valence-electron chi connectivity index (χ0n) is 14.5. The van der Waals surface area contributed by atoms with Crippen LogP contribution in [0.4, 0.5) is 20.6 Å². The van der Waals surface area contributed by atoms with Gasteiger partial charge in [0.25, 0.3) is 10.1 Å². The van der Waals surface area contributed by atoms with E-state index in [4.69, 9.17) is 14.0 Å². The molecule has 0 aliphatic carbocycles. The van der Waals surface area contributed by atoms with E-state index in [0.29, 0.717) is 24.5 Å². The third-order valence-corrected chi connectivity index (χ3v) is 5.45. The summed E-state index contributed by atoms with van der Waals surface area (Å²) >= 11 is 0. The summed E-state index contributed by atoms with van der Waals surface area (Å²) in [6.07, 6.45) is -1.37. The molecule has 1 aromatic carbocycles. The van der Waals surface area contributed by atoms with Crippen LogP contribution in [-0.2, 0) is 19.6 Å². The Labute approximate surface area is 151 Å². The van der Waals surface area contributed by atoms with E-state index in [9.17, 15) is 17.6 Å². The van der Waals surface area contributed by atoms with Crippen molar-refractivity contribution in [1.82, 2.24) is 0 Å². The average molecular weight is 388 g/mol. The predicted molar refractivity (Wildman–Crippen MR) is 92.7 cm³/mol. The number of ether oxygens (including phenoxy) is 2. The number of nitrogens with zero attached hydrogens (tertiary/aromatic N) is 2. The number of hydrogen-bond acceptors (Lipinski definition) is 6. The Kier molecular flexibility index (Phi) is 4.84. The summed E-state index contributed by atoms with van der Waals surface area (Å²) < 4.78 is 55.3. The van der Waals surface area contributed by atoms with Gasteiger partial charge >= 0.3 is 6.09 Å². The van der Waals surface area contributed by atoms with Crippen molar-refractivity contribution in [3.63, 3.8) is 0 Å². The van der Waals surface area contributed by atoms with Gasteiger partial charge in [-0.2, -0.15) is 8.42 Å². The second-order valence-corrected chi connectivity index (χ2v) is 8.41. The van der Waals surface area contributed by atoms with E-state index in [-0.39, 0.29) is 18.6 Å². The Hall–Kier alpha value is -1.91. The van der Waals surface area contributed by atoms with Gasteiger partial charge in [0, 0.05) is 26.6 Å². The first-order valence-corrected chi connectivity index (χ1v) is 9.74. The largest absolute Gasteiger partial charge is 0.444 e. The molecule has 26 heavy (non-hydrogen) atoms. The third kappa shape index (κ3) is 3.92. The molecule has 1 aromatic rings. The summed E-state index contributed by atoms with van der Waals surface area (Å²) in [6.45, 7) is 3.19. The van der Waals surface area contributed by atoms with Crippen molar-refractivity contribution in [2.24, 2.45) is 0 Å². The number of methoxy groups -OCH3 is 1. The molecule has 0 radical (unpaired) electrons. The van der Waals surface area contributed by atoms with Crippen LogP contribution in [0.1, 0.15) is 13.3 Å². The highest BCUT2D eigenvalue weighted by molar-refractivity contribution is 7.85. The van der Waals surface area contributed by atoms with Gasteiger partial charge < -0.3 is 14.4 Å². The minimum Gasteiger partial charge on any atom is -0.444 e. The fraction of sp³-hybridized carbons (Fsp3) is 0.562. The molecule has 3 rings (SSSR count). The maximum atomic E-state index is 14.5. The zero-order chi connectivity index (χ0) is 19.1. The van der Waals surface area contributed by atoms with Gasteiger partial charge in [0.05, 0.1) is 29.3 Å². The molecule has 2 aliphatic heterocycles. The molecule has 10 heteroatoms. The summed E-state index contributed by atoms with van der Waals surface area (Å²) in [5.41, 5.74) is 0.476. The summed E-state index contributed by atoms with van der Waals surface area (Å²) in [6, 6.07) is 4.47. The van der Waals surface area contributed by atoms with Gasteiger partial charge in [-0.1, -0.05) is 0 Å². The van der Waals surface area contributed by atoms with Crippen LogP contribution < -0.4 is 9.80 Å². The van der Waals surface area contributed by atoms with Crippen LogP contribution >= 0.6 is 0 Å². The summed E-state index contributed by atoms with van der Waals surface area (Å²) in [7, 11) is -2.51. The second kappa shape index (κ2) is 6.67. The standard InChI is InChI=1S/C16H21FN2O6S/c1-16(24-2)9-18(10-16)14-4-3-11(7-13(14)17)19-8-12(25-15(19)20)5-6-26(21,22)23/h3-4,7,12H,5-6,8-10H2,1-2H3,(H,21,22,23). The van der Waals surface area contributed by atoms with E-state index in [1.54, 1.807) is 19.2 Å². The lowest BCUT2D eigenvalue weighted by molar-refractivity contribution is -0.0170. The molecule has 0 aromatic heterocycles. The minimum absolute atomic E-state index is 0.0228. The highest BCUT2D eigenvalue weighted by Crippen LogP contribution is 2.34. The molecule has 0 spiro atoms. The second-order valence-electron chi connectivity index (χ2n) is 6.84. The van der Waals surface area contributed by atoms with Crippen LogP contribution in [0.25, 0.3) is 0 Å². The number of hydrogen-bond donors (Lipinski definition) is 1. The summed E-state index contributed by atoms with van der Waals surface area (Å²) in [5.74, 6) is -0.964. The number of carbonyl (C=O) groups excluding carboxylic acids is 1. The molecule has 1 amide bonds. The van der Waals surface area contributed by atoms with E-state index in [2.05, 4.69) is 0 Å². The van der Waals surface area contributed by atoms with Crippen molar-refractivity contribution in [2.45, 2.75) is 25.0 Å². The number of benzene rings is 1. The first-order valence-electron chi connectivity index (χ1n) is 8.13. The SMILES string of the molecule is COC1(C)CN(c2ccc(N3CC(CCS(=O)(=O)O)OC3=O)cc2F)C1. The van der Waals surface area contributed by atoms with Crippen LogP contribution in [0.2, 0.25) is 0 Å². The van der Waals surface area contributed by atoms with Gasteiger partial charge in [-0.3, -0.25) is 9.45 Å². The van der Waals surface area contributed by atoms with E-state index >= 15 is 0 Å². The molecule has 1 unspecified atom stereocenters. The fourth-order valence-corrected chi connectivity index (χ4v) is 3.70. The molecule has 2 fully saturated rings. The molecule has 2 aliphatic rings. The van der Waals surface area contributed by atoms with E-state index in [1.807, 2.05) is 11.8 Å². The number of carbonyl (C=O) groups is 1. The first-order chi connectivity index (χ1) is 12.1. The van der Waals surface area contributed by atoms with Crippen molar-refractivity contribution in [1.29, 1.82) is 0 Å². The lowest BCUT2D eigenvalue weighted by Gasteiger charge is -2.48. The maximum Gasteiger partial charge on any atom is 0.414 e. The molecule has 144 valence electrons. The highest BCUT2D eigenvalue weighted by Gasteiger charge is 2.40. The van der Waals surface area contributed by atoms with Gasteiger partial charge in [-0.15, -0.1) is 0 Å². The van der Waals surface area contributed by atoms with Crippen molar-refractivity contribution < 1.29 is 31.6 Å². The Morgan fingerprint density at radius 1 is 1.42 bits per heavy atom. The normalized spacial score (nSPS) is 22.3. The number of halogens is 1. The topological polar surface area (TPSA) is 96.4 Å². The Balaban J connectivity index is 1.67. The smallest absolute Gasteiger partial charge is 0.414 e. The molecule has 2 heterocycles. The molecule has 1 atom stereocenters. The third-order valence-electron chi connectivity index (χ3n) is 4.70. The zero-order valence-corrected chi connectivity index (χ0v) is 15.3. The maximum absolute atomic E-state index is 14.5. The molecular formula is C16H21FN2O6S. The highest BCUT2D eigenvalue weighted by atomic mass is 32.2. The van der Waals surface area contributed by atoms with Gasteiger partial charge in [-0.05, 0) is 25.1 Å². The number of rotatable bonds is 6. The molecule has 1 N–H and O–H groups in total. The van der Waals surface area contributed by atoms with E-state index in [1.165, 1.54) is 11.0 Å². The monoisotopic (exact) mass is 388 g/mol. The lowest BCUT2D eigenvalue weighted by Crippen LogP contribution is -2.61. The van der Waals surface area contributed by atoms with Crippen molar-refractivity contribution in [3.8, 4) is 0 Å². The van der Waals surface area contributed by atoms with Crippen LogP contribution in [0.5, 0.6) is 0 Å². The van der Waals surface area contributed by atoms with Crippen LogP contribution in [0, 0.1) is 5.82 Å². The van der Waals surface area contributed by atoms with Crippen molar-refractivity contribution >= 4 is 27.6 Å². The van der Waals surface area contributed by atoms with Gasteiger partial charge in [0.15, 0.2) is 0 Å². The Morgan fingerprint density at radius 2 is 2.12 bits per heavy atom. The Morgan fingerprint density at radius 3 is 2.69 bits per heavy atom. The molecule has 2 saturated heterocycles. The van der Waals surface area contributed by atoms with Crippen LogP contribution in [0.15, 0.2) is 18.2 Å². The summed E-state index contributed by atoms with van der Waals surface area (Å²) in [4.78, 5) is 15.1. The van der Waals surface area contributed by atoms with Crippen molar-refractivity contribution in [3.05, 3.63) is 24.0 Å². The molecular weight excluding hydrogens is 367 g/mol. The number of anilines is 2. The Bertz CT molecular complexity index is 809. The fourth-order valence-electron chi connectivity index (χ4n) is 3.14. The number of cyclic esters (lactones) is 1. The van der Waals surface area contributed by atoms with Crippen LogP contribution in [-0.4, -0.2) is 63.3 Å². The first kappa shape index (κ1) is 18.9. The molecule has 0 saturated carbocycles. The van der Waals surface area contributed by atoms with E-state index in [0.717, 1.165) is 0 Å². The predicted octanol–water partition coefficient (Wildman–Crippen LogP) is 1.65. The quantitative estimate of drug-likeness (QED) is 0.740. The molecule has 0 bridgehead atoms. The summed E-state index contributed by atoms with van der Waals surface area (Å²) in [5, 5.41) is 0. The minimum atomic E-state index is -4.13. The van der Waals surface area contributed by atoms with Gasteiger partial charge in [0.2, 0.25) is 0 Å².